The first-order valence-corrected chi connectivity index (χ1v) is 8.04. The molecule has 22 heavy (non-hydrogen) atoms. The number of primary amides is 1. The lowest BCUT2D eigenvalue weighted by Gasteiger charge is -2.14. The first-order valence-electron chi connectivity index (χ1n) is 6.56. The van der Waals surface area contributed by atoms with Gasteiger partial charge in [-0.1, -0.05) is 48.5 Å². The number of rotatable bonds is 5. The van der Waals surface area contributed by atoms with E-state index in [1.54, 1.807) is 60.7 Å². The number of hydrogen-bond acceptors (Lipinski definition) is 3. The second-order valence-corrected chi connectivity index (χ2v) is 6.28. The molecule has 0 spiro atoms. The SMILES string of the molecule is CC(C(N)=O)=C(c1ccccc1)S(=O)(=O)Nc1ccccc1. The summed E-state index contributed by atoms with van der Waals surface area (Å²) in [5, 5.41) is 0. The van der Waals surface area contributed by atoms with E-state index in [0.29, 0.717) is 11.3 Å². The van der Waals surface area contributed by atoms with Gasteiger partial charge in [-0.3, -0.25) is 9.52 Å². The van der Waals surface area contributed by atoms with Gasteiger partial charge in [-0.25, -0.2) is 8.42 Å². The molecule has 6 heteroatoms. The van der Waals surface area contributed by atoms with Gasteiger partial charge in [0.15, 0.2) is 0 Å². The van der Waals surface area contributed by atoms with Gasteiger partial charge in [-0.15, -0.1) is 0 Å². The average molecular weight is 316 g/mol. The predicted molar refractivity (Wildman–Crippen MR) is 87.2 cm³/mol. The normalized spacial score (nSPS) is 12.4. The van der Waals surface area contributed by atoms with Crippen molar-refractivity contribution >= 4 is 26.5 Å². The van der Waals surface area contributed by atoms with E-state index in [1.165, 1.54) is 6.92 Å². The van der Waals surface area contributed by atoms with Crippen LogP contribution >= 0.6 is 0 Å². The van der Waals surface area contributed by atoms with Crippen LogP contribution in [-0.2, 0) is 14.8 Å². The van der Waals surface area contributed by atoms with Crippen LogP contribution in [0.15, 0.2) is 66.2 Å². The summed E-state index contributed by atoms with van der Waals surface area (Å²) in [6.45, 7) is 1.40. The van der Waals surface area contributed by atoms with Crippen LogP contribution in [-0.4, -0.2) is 14.3 Å². The van der Waals surface area contributed by atoms with Crippen LogP contribution in [0.3, 0.4) is 0 Å². The first kappa shape index (κ1) is 15.8. The van der Waals surface area contributed by atoms with Gasteiger partial charge in [0.2, 0.25) is 5.91 Å². The predicted octanol–water partition coefficient (Wildman–Crippen LogP) is 2.34. The minimum absolute atomic E-state index is 0.0189. The molecule has 3 N–H and O–H groups in total. The lowest BCUT2D eigenvalue weighted by Crippen LogP contribution is -2.21. The number of nitrogens with one attached hydrogen (secondary N) is 1. The molecule has 0 aliphatic heterocycles. The Labute approximate surface area is 129 Å². The van der Waals surface area contributed by atoms with E-state index < -0.39 is 15.9 Å². The number of carbonyl (C=O) groups excluding carboxylic acids is 1. The molecule has 0 saturated carbocycles. The third-order valence-corrected chi connectivity index (χ3v) is 4.62. The number of nitrogens with two attached hydrogens (primary N) is 1. The molecule has 0 aliphatic carbocycles. The van der Waals surface area contributed by atoms with E-state index in [9.17, 15) is 13.2 Å². The van der Waals surface area contributed by atoms with Crippen LogP contribution in [0.2, 0.25) is 0 Å². The summed E-state index contributed by atoms with van der Waals surface area (Å²) < 4.78 is 27.8. The fraction of sp³-hybridized carbons (Fsp3) is 0.0625. The summed E-state index contributed by atoms with van der Waals surface area (Å²) in [6.07, 6.45) is 0. The van der Waals surface area contributed by atoms with Crippen molar-refractivity contribution in [3.8, 4) is 0 Å². The van der Waals surface area contributed by atoms with Crippen LogP contribution < -0.4 is 10.5 Å². The van der Waals surface area contributed by atoms with Crippen molar-refractivity contribution in [2.75, 3.05) is 4.72 Å². The van der Waals surface area contributed by atoms with Gasteiger partial charge in [-0.05, 0) is 24.6 Å². The summed E-state index contributed by atoms with van der Waals surface area (Å²) in [4.78, 5) is 11.4. The fourth-order valence-electron chi connectivity index (χ4n) is 1.99. The van der Waals surface area contributed by atoms with Crippen molar-refractivity contribution in [1.82, 2.24) is 0 Å². The Hall–Kier alpha value is -2.60. The highest BCUT2D eigenvalue weighted by Gasteiger charge is 2.24. The molecule has 1 amide bonds. The lowest BCUT2D eigenvalue weighted by atomic mass is 10.1. The van der Waals surface area contributed by atoms with Gasteiger partial charge in [-0.2, -0.15) is 0 Å². The Balaban J connectivity index is 2.55. The smallest absolute Gasteiger partial charge is 0.262 e. The van der Waals surface area contributed by atoms with Crippen molar-refractivity contribution in [3.63, 3.8) is 0 Å². The molecular formula is C16H16N2O3S. The molecule has 2 aromatic carbocycles. The summed E-state index contributed by atoms with van der Waals surface area (Å²) in [7, 11) is -3.94. The molecule has 0 unspecified atom stereocenters. The Bertz CT molecular complexity index is 798. The van der Waals surface area contributed by atoms with Crippen molar-refractivity contribution in [2.45, 2.75) is 6.92 Å². The van der Waals surface area contributed by atoms with E-state index in [-0.39, 0.29) is 10.5 Å². The Morgan fingerprint density at radius 3 is 1.95 bits per heavy atom. The van der Waals surface area contributed by atoms with Crippen molar-refractivity contribution < 1.29 is 13.2 Å². The van der Waals surface area contributed by atoms with Crippen molar-refractivity contribution in [1.29, 1.82) is 0 Å². The average Bonchev–Trinajstić information content (AvgIpc) is 2.48. The van der Waals surface area contributed by atoms with Crippen molar-refractivity contribution in [2.24, 2.45) is 5.73 Å². The molecule has 0 saturated heterocycles. The van der Waals surface area contributed by atoms with Gasteiger partial charge in [0.05, 0.1) is 0 Å². The number of amides is 1. The van der Waals surface area contributed by atoms with Gasteiger partial charge in [0, 0.05) is 11.3 Å². The zero-order valence-corrected chi connectivity index (χ0v) is 12.8. The maximum Gasteiger partial charge on any atom is 0.262 e. The first-order chi connectivity index (χ1) is 10.4. The Morgan fingerprint density at radius 2 is 1.45 bits per heavy atom. The van der Waals surface area contributed by atoms with E-state index in [1.807, 2.05) is 0 Å². The highest BCUT2D eigenvalue weighted by Crippen LogP contribution is 2.26. The Kier molecular flexibility index (Phi) is 4.62. The van der Waals surface area contributed by atoms with E-state index in [0.717, 1.165) is 0 Å². The van der Waals surface area contributed by atoms with E-state index in [4.69, 9.17) is 5.73 Å². The maximum atomic E-state index is 12.7. The number of anilines is 1. The van der Waals surface area contributed by atoms with E-state index >= 15 is 0 Å². The quantitative estimate of drug-likeness (QED) is 0.830. The molecule has 2 aromatic rings. The monoisotopic (exact) mass is 316 g/mol. The molecular weight excluding hydrogens is 300 g/mol. The van der Waals surface area contributed by atoms with Crippen LogP contribution in [0, 0.1) is 0 Å². The van der Waals surface area contributed by atoms with Gasteiger partial charge in [0.25, 0.3) is 10.0 Å². The molecule has 0 radical (unpaired) electrons. The maximum absolute atomic E-state index is 12.7. The minimum Gasteiger partial charge on any atom is -0.366 e. The molecule has 0 aliphatic rings. The summed E-state index contributed by atoms with van der Waals surface area (Å²) in [6, 6.07) is 16.8. The molecule has 0 bridgehead atoms. The second kappa shape index (κ2) is 6.44. The summed E-state index contributed by atoms with van der Waals surface area (Å²) in [5.41, 5.74) is 6.07. The molecule has 2 rings (SSSR count). The molecule has 114 valence electrons. The zero-order chi connectivity index (χ0) is 16.2. The zero-order valence-electron chi connectivity index (χ0n) is 12.0. The van der Waals surface area contributed by atoms with Crippen LogP contribution in [0.1, 0.15) is 12.5 Å². The number of para-hydroxylation sites is 1. The molecule has 0 aromatic heterocycles. The molecule has 0 fully saturated rings. The number of carbonyl (C=O) groups is 1. The standard InChI is InChI=1S/C16H16N2O3S/c1-12(16(17)19)15(13-8-4-2-5-9-13)22(20,21)18-14-10-6-3-7-11-14/h2-11,18H,1H3,(H2,17,19). The highest BCUT2D eigenvalue weighted by atomic mass is 32.2. The minimum atomic E-state index is -3.94. The van der Waals surface area contributed by atoms with Crippen LogP contribution in [0.4, 0.5) is 5.69 Å². The summed E-state index contributed by atoms with van der Waals surface area (Å²) >= 11 is 0. The van der Waals surface area contributed by atoms with Gasteiger partial charge >= 0.3 is 0 Å². The Morgan fingerprint density at radius 1 is 0.955 bits per heavy atom. The molecule has 0 atom stereocenters. The third kappa shape index (κ3) is 3.53. The number of hydrogen-bond donors (Lipinski definition) is 2. The van der Waals surface area contributed by atoms with Crippen LogP contribution in [0.25, 0.3) is 4.91 Å². The number of benzene rings is 2. The highest BCUT2D eigenvalue weighted by molar-refractivity contribution is 8.01. The number of sulfonamides is 1. The lowest BCUT2D eigenvalue weighted by molar-refractivity contribution is -0.114. The van der Waals surface area contributed by atoms with Crippen LogP contribution in [0.5, 0.6) is 0 Å². The fourth-order valence-corrected chi connectivity index (χ4v) is 3.49. The largest absolute Gasteiger partial charge is 0.366 e. The molecule has 0 heterocycles. The van der Waals surface area contributed by atoms with Gasteiger partial charge in [0.1, 0.15) is 4.91 Å². The second-order valence-electron chi connectivity index (χ2n) is 4.66. The third-order valence-electron chi connectivity index (χ3n) is 3.04. The van der Waals surface area contributed by atoms with Gasteiger partial charge < -0.3 is 5.73 Å². The molecule has 5 nitrogen and oxygen atoms in total. The van der Waals surface area contributed by atoms with E-state index in [2.05, 4.69) is 4.72 Å². The van der Waals surface area contributed by atoms with Crippen molar-refractivity contribution in [3.05, 3.63) is 71.8 Å². The topological polar surface area (TPSA) is 89.3 Å². The summed E-state index contributed by atoms with van der Waals surface area (Å²) in [5.74, 6) is -0.780.